The van der Waals surface area contributed by atoms with Gasteiger partial charge in [0, 0.05) is 20.2 Å². The normalized spacial score (nSPS) is 18.0. The molecule has 0 N–H and O–H groups in total. The van der Waals surface area contributed by atoms with Crippen molar-refractivity contribution >= 4 is 11.9 Å². The monoisotopic (exact) mass is 353 g/mol. The molecule has 0 bridgehead atoms. The van der Waals surface area contributed by atoms with Crippen LogP contribution in [0.4, 0.5) is 4.39 Å². The lowest BCUT2D eigenvalue weighted by Crippen LogP contribution is -2.33. The molecule has 0 saturated carbocycles. The van der Waals surface area contributed by atoms with Gasteiger partial charge in [-0.15, -0.1) is 0 Å². The van der Waals surface area contributed by atoms with Gasteiger partial charge in [0.2, 0.25) is 0 Å². The number of carbonyl (C=O) groups excluding carboxylic acids is 2. The number of hydrogen-bond donors (Lipinski definition) is 0. The summed E-state index contributed by atoms with van der Waals surface area (Å²) < 4.78 is 29.0. The van der Waals surface area contributed by atoms with Crippen LogP contribution in [0.2, 0.25) is 0 Å². The molecular weight excluding hydrogens is 329 g/mol. The van der Waals surface area contributed by atoms with Crippen LogP contribution in [-0.4, -0.2) is 55.9 Å². The molecule has 0 radical (unpaired) electrons. The second-order valence-electron chi connectivity index (χ2n) is 6.10. The highest BCUT2D eigenvalue weighted by atomic mass is 19.1. The number of hydrogen-bond acceptors (Lipinski definition) is 5. The first-order valence-corrected chi connectivity index (χ1v) is 8.34. The first-order chi connectivity index (χ1) is 12.0. The number of ether oxygens (including phenoxy) is 3. The van der Waals surface area contributed by atoms with Crippen molar-refractivity contribution in [3.63, 3.8) is 0 Å². The Morgan fingerprint density at radius 3 is 2.92 bits per heavy atom. The summed E-state index contributed by atoms with van der Waals surface area (Å²) in [6, 6.07) is 6.00. The third-order valence-corrected chi connectivity index (χ3v) is 3.96. The van der Waals surface area contributed by atoms with E-state index in [9.17, 15) is 14.0 Å². The largest absolute Gasteiger partial charge is 0.454 e. The van der Waals surface area contributed by atoms with Gasteiger partial charge >= 0.3 is 5.97 Å². The maximum absolute atomic E-state index is 13.2. The SMILES string of the molecule is CC(OCC1CCCO1)C(=O)OCC(=O)N(C)Cc1cccc(F)c1. The molecule has 1 heterocycles. The molecule has 6 nitrogen and oxygen atoms in total. The summed E-state index contributed by atoms with van der Waals surface area (Å²) in [7, 11) is 1.57. The summed E-state index contributed by atoms with van der Waals surface area (Å²) in [6.45, 7) is 2.50. The Kier molecular flexibility index (Phi) is 7.33. The van der Waals surface area contributed by atoms with Crippen LogP contribution < -0.4 is 0 Å². The van der Waals surface area contributed by atoms with E-state index in [-0.39, 0.29) is 31.0 Å². The van der Waals surface area contributed by atoms with Crippen molar-refractivity contribution in [1.82, 2.24) is 4.90 Å². The van der Waals surface area contributed by atoms with E-state index in [1.807, 2.05) is 0 Å². The van der Waals surface area contributed by atoms with Gasteiger partial charge in [0.15, 0.2) is 12.7 Å². The molecule has 1 aromatic rings. The second kappa shape index (κ2) is 9.48. The highest BCUT2D eigenvalue weighted by Crippen LogP contribution is 2.13. The number of amides is 1. The van der Waals surface area contributed by atoms with E-state index in [1.54, 1.807) is 26.1 Å². The van der Waals surface area contributed by atoms with Crippen LogP contribution in [0.1, 0.15) is 25.3 Å². The topological polar surface area (TPSA) is 65.1 Å². The van der Waals surface area contributed by atoms with Gasteiger partial charge in [-0.2, -0.15) is 0 Å². The first kappa shape index (κ1) is 19.3. The lowest BCUT2D eigenvalue weighted by molar-refractivity contribution is -0.162. The minimum Gasteiger partial charge on any atom is -0.454 e. The number of esters is 1. The average Bonchev–Trinajstić information content (AvgIpc) is 3.10. The van der Waals surface area contributed by atoms with E-state index in [1.165, 1.54) is 17.0 Å². The van der Waals surface area contributed by atoms with Gasteiger partial charge in [-0.05, 0) is 37.5 Å². The molecule has 2 unspecified atom stereocenters. The van der Waals surface area contributed by atoms with E-state index in [0.717, 1.165) is 19.4 Å². The van der Waals surface area contributed by atoms with Gasteiger partial charge in [-0.1, -0.05) is 12.1 Å². The summed E-state index contributed by atoms with van der Waals surface area (Å²) in [5.41, 5.74) is 0.662. The van der Waals surface area contributed by atoms with Gasteiger partial charge in [-0.3, -0.25) is 4.79 Å². The molecule has 1 fully saturated rings. The third kappa shape index (κ3) is 6.43. The van der Waals surface area contributed by atoms with Crippen LogP contribution >= 0.6 is 0 Å². The molecule has 1 aliphatic rings. The summed E-state index contributed by atoms with van der Waals surface area (Å²) in [5, 5.41) is 0. The predicted octanol–water partition coefficient (Wildman–Crippen LogP) is 1.91. The summed E-state index contributed by atoms with van der Waals surface area (Å²) in [4.78, 5) is 25.3. The lowest BCUT2D eigenvalue weighted by Gasteiger charge is -2.19. The quantitative estimate of drug-likeness (QED) is 0.668. The van der Waals surface area contributed by atoms with E-state index < -0.39 is 12.1 Å². The van der Waals surface area contributed by atoms with Crippen molar-refractivity contribution < 1.29 is 28.2 Å². The van der Waals surface area contributed by atoms with Crippen molar-refractivity contribution in [1.29, 1.82) is 0 Å². The summed E-state index contributed by atoms with van der Waals surface area (Å²) >= 11 is 0. The van der Waals surface area contributed by atoms with Crippen LogP contribution in [0.5, 0.6) is 0 Å². The number of rotatable bonds is 8. The minimum atomic E-state index is -0.759. The van der Waals surface area contributed by atoms with Crippen molar-refractivity contribution in [2.75, 3.05) is 26.9 Å². The number of carbonyl (C=O) groups is 2. The molecule has 1 aromatic carbocycles. The highest BCUT2D eigenvalue weighted by molar-refractivity contribution is 5.81. The van der Waals surface area contributed by atoms with Gasteiger partial charge in [0.1, 0.15) is 5.82 Å². The second-order valence-corrected chi connectivity index (χ2v) is 6.10. The smallest absolute Gasteiger partial charge is 0.335 e. The highest BCUT2D eigenvalue weighted by Gasteiger charge is 2.22. The molecule has 1 aliphatic heterocycles. The summed E-state index contributed by atoms with van der Waals surface area (Å²) in [6.07, 6.45) is 1.18. The maximum Gasteiger partial charge on any atom is 0.335 e. The Labute approximate surface area is 146 Å². The van der Waals surface area contributed by atoms with E-state index >= 15 is 0 Å². The van der Waals surface area contributed by atoms with Crippen LogP contribution in [-0.2, 0) is 30.3 Å². The van der Waals surface area contributed by atoms with E-state index in [2.05, 4.69) is 0 Å². The van der Waals surface area contributed by atoms with Gasteiger partial charge in [-0.25, -0.2) is 9.18 Å². The van der Waals surface area contributed by atoms with Gasteiger partial charge in [0.25, 0.3) is 5.91 Å². The molecule has 0 spiro atoms. The van der Waals surface area contributed by atoms with E-state index in [0.29, 0.717) is 12.2 Å². The molecule has 138 valence electrons. The van der Waals surface area contributed by atoms with Gasteiger partial charge < -0.3 is 19.1 Å². The van der Waals surface area contributed by atoms with Gasteiger partial charge in [0.05, 0.1) is 12.7 Å². The standard InChI is InChI=1S/C18H24FNO5/c1-13(24-11-16-7-4-8-23-16)18(22)25-12-17(21)20(2)10-14-5-3-6-15(19)9-14/h3,5-6,9,13,16H,4,7-8,10-12H2,1-2H3. The van der Waals surface area contributed by atoms with Crippen LogP contribution in [0.3, 0.4) is 0 Å². The Bertz CT molecular complexity index is 589. The fourth-order valence-corrected chi connectivity index (χ4v) is 2.45. The Morgan fingerprint density at radius 2 is 2.24 bits per heavy atom. The number of benzene rings is 1. The zero-order chi connectivity index (χ0) is 18.2. The van der Waals surface area contributed by atoms with Crippen molar-refractivity contribution in [2.24, 2.45) is 0 Å². The number of halogens is 1. The molecule has 2 atom stereocenters. The van der Waals surface area contributed by atoms with Crippen molar-refractivity contribution in [3.05, 3.63) is 35.6 Å². The van der Waals surface area contributed by atoms with Crippen molar-refractivity contribution in [2.45, 2.75) is 38.5 Å². The van der Waals surface area contributed by atoms with Crippen LogP contribution in [0.25, 0.3) is 0 Å². The lowest BCUT2D eigenvalue weighted by atomic mass is 10.2. The fraction of sp³-hybridized carbons (Fsp3) is 0.556. The molecule has 7 heteroatoms. The Balaban J connectivity index is 1.69. The van der Waals surface area contributed by atoms with Crippen molar-refractivity contribution in [3.8, 4) is 0 Å². The Hall–Kier alpha value is -1.99. The molecule has 1 amide bonds. The molecule has 25 heavy (non-hydrogen) atoms. The minimum absolute atomic E-state index is 0.0225. The predicted molar refractivity (Wildman–Crippen MR) is 88.2 cm³/mol. The molecular formula is C18H24FNO5. The molecule has 0 aromatic heterocycles. The molecule has 1 saturated heterocycles. The summed E-state index contributed by atoms with van der Waals surface area (Å²) in [5.74, 6) is -1.32. The maximum atomic E-state index is 13.2. The van der Waals surface area contributed by atoms with E-state index in [4.69, 9.17) is 14.2 Å². The number of nitrogens with zero attached hydrogens (tertiary/aromatic N) is 1. The van der Waals surface area contributed by atoms with Crippen LogP contribution in [0, 0.1) is 5.82 Å². The zero-order valence-electron chi connectivity index (χ0n) is 14.6. The zero-order valence-corrected chi connectivity index (χ0v) is 14.6. The van der Waals surface area contributed by atoms with Crippen LogP contribution in [0.15, 0.2) is 24.3 Å². The fourth-order valence-electron chi connectivity index (χ4n) is 2.45. The Morgan fingerprint density at radius 1 is 1.44 bits per heavy atom. The number of likely N-dealkylation sites (N-methyl/N-ethyl adjacent to an activating group) is 1. The molecule has 2 rings (SSSR count). The first-order valence-electron chi connectivity index (χ1n) is 8.34. The average molecular weight is 353 g/mol. The third-order valence-electron chi connectivity index (χ3n) is 3.96. The molecule has 0 aliphatic carbocycles.